The molecule has 0 N–H and O–H groups in total. The van der Waals surface area contributed by atoms with E-state index in [0.29, 0.717) is 15.2 Å². The van der Waals surface area contributed by atoms with Crippen LogP contribution in [0.15, 0.2) is 20.1 Å². The first-order valence-electron chi connectivity index (χ1n) is 5.16. The van der Waals surface area contributed by atoms with Gasteiger partial charge >= 0.3 is 0 Å². The van der Waals surface area contributed by atoms with Crippen LogP contribution < -0.4 is 0 Å². The first kappa shape index (κ1) is 14.2. The van der Waals surface area contributed by atoms with Gasteiger partial charge < -0.3 is 0 Å². The molecule has 1 aromatic heterocycles. The second-order valence-electron chi connectivity index (χ2n) is 3.77. The van der Waals surface area contributed by atoms with Crippen molar-refractivity contribution < 1.29 is 8.42 Å². The fourth-order valence-electron chi connectivity index (χ4n) is 1.45. The van der Waals surface area contributed by atoms with E-state index in [1.54, 1.807) is 15.8 Å². The molecule has 0 aliphatic heterocycles. The van der Waals surface area contributed by atoms with E-state index < -0.39 is 10.0 Å². The molecule has 3 nitrogen and oxygen atoms in total. The zero-order chi connectivity index (χ0) is 12.3. The maximum Gasteiger partial charge on any atom is 0.253 e. The van der Waals surface area contributed by atoms with Crippen LogP contribution in [0, 0.1) is 0 Å². The molecule has 16 heavy (non-hydrogen) atoms. The van der Waals surface area contributed by atoms with Gasteiger partial charge in [-0.25, -0.2) is 8.42 Å². The van der Waals surface area contributed by atoms with Crippen molar-refractivity contribution in [3.8, 4) is 0 Å². The van der Waals surface area contributed by atoms with Gasteiger partial charge in [0, 0.05) is 17.1 Å². The van der Waals surface area contributed by atoms with E-state index in [9.17, 15) is 8.42 Å². The summed E-state index contributed by atoms with van der Waals surface area (Å²) in [5.41, 5.74) is 0. The zero-order valence-corrected chi connectivity index (χ0v) is 12.8. The van der Waals surface area contributed by atoms with Gasteiger partial charge in [0.25, 0.3) is 10.0 Å². The molecule has 0 aliphatic rings. The lowest BCUT2D eigenvalue weighted by Crippen LogP contribution is -2.37. The van der Waals surface area contributed by atoms with Crippen LogP contribution in [0.1, 0.15) is 27.2 Å². The second kappa shape index (κ2) is 5.62. The predicted molar refractivity (Wildman–Crippen MR) is 71.3 cm³/mol. The Bertz CT molecular complexity index is 439. The summed E-state index contributed by atoms with van der Waals surface area (Å²) in [6.07, 6.45) is 0.820. The Balaban J connectivity index is 3.14. The Labute approximate surface area is 110 Å². The lowest BCUT2D eigenvalue weighted by molar-refractivity contribution is 0.355. The Hall–Kier alpha value is 0.0900. The third-order valence-corrected chi connectivity index (χ3v) is 6.87. The summed E-state index contributed by atoms with van der Waals surface area (Å²) in [5.74, 6) is 0. The Morgan fingerprint density at radius 3 is 2.50 bits per heavy atom. The molecule has 0 saturated carbocycles. The fraction of sp³-hybridized carbons (Fsp3) is 0.600. The molecule has 0 aliphatic carbocycles. The van der Waals surface area contributed by atoms with Gasteiger partial charge in [-0.3, -0.25) is 0 Å². The number of nitrogens with zero attached hydrogens (tertiary/aromatic N) is 1. The van der Waals surface area contributed by atoms with Crippen molar-refractivity contribution in [1.82, 2.24) is 4.31 Å². The van der Waals surface area contributed by atoms with Gasteiger partial charge in [0.1, 0.15) is 4.21 Å². The van der Waals surface area contributed by atoms with Gasteiger partial charge in [-0.2, -0.15) is 4.31 Å². The van der Waals surface area contributed by atoms with Gasteiger partial charge in [0.15, 0.2) is 0 Å². The van der Waals surface area contributed by atoms with Gasteiger partial charge in [-0.05, 0) is 47.6 Å². The van der Waals surface area contributed by atoms with Crippen LogP contribution in [0.3, 0.4) is 0 Å². The molecule has 0 aromatic carbocycles. The highest BCUT2D eigenvalue weighted by atomic mass is 79.9. The van der Waals surface area contributed by atoms with Gasteiger partial charge in [0.05, 0.1) is 0 Å². The van der Waals surface area contributed by atoms with Crippen molar-refractivity contribution in [3.63, 3.8) is 0 Å². The summed E-state index contributed by atoms with van der Waals surface area (Å²) >= 11 is 4.53. The third kappa shape index (κ3) is 2.85. The lowest BCUT2D eigenvalue weighted by Gasteiger charge is -2.24. The Morgan fingerprint density at radius 1 is 1.50 bits per heavy atom. The summed E-state index contributed by atoms with van der Waals surface area (Å²) in [6.45, 7) is 6.34. The standard InChI is InChI=1S/C10H16BrNO2S2/c1-4-6-12(8(2)3)16(13,14)10-9(11)5-7-15-10/h5,7-8H,4,6H2,1-3H3. The maximum atomic E-state index is 12.4. The molecule has 0 saturated heterocycles. The summed E-state index contributed by atoms with van der Waals surface area (Å²) in [7, 11) is -3.34. The van der Waals surface area contributed by atoms with Crippen molar-refractivity contribution in [2.75, 3.05) is 6.54 Å². The number of sulfonamides is 1. The molecule has 92 valence electrons. The first-order valence-corrected chi connectivity index (χ1v) is 8.27. The normalized spacial score (nSPS) is 12.6. The van der Waals surface area contributed by atoms with E-state index in [-0.39, 0.29) is 6.04 Å². The van der Waals surface area contributed by atoms with Crippen LogP contribution in [-0.2, 0) is 10.0 Å². The molecule has 0 fully saturated rings. The zero-order valence-electron chi connectivity index (χ0n) is 9.60. The monoisotopic (exact) mass is 325 g/mol. The smallest absolute Gasteiger partial charge is 0.206 e. The first-order chi connectivity index (χ1) is 7.41. The third-order valence-electron chi connectivity index (χ3n) is 2.15. The van der Waals surface area contributed by atoms with Crippen LogP contribution in [-0.4, -0.2) is 25.3 Å². The van der Waals surface area contributed by atoms with E-state index in [0.717, 1.165) is 6.42 Å². The molecule has 0 amide bonds. The van der Waals surface area contributed by atoms with Gasteiger partial charge in [-0.1, -0.05) is 6.92 Å². The van der Waals surface area contributed by atoms with Crippen molar-refractivity contribution in [2.24, 2.45) is 0 Å². The minimum Gasteiger partial charge on any atom is -0.206 e. The van der Waals surface area contributed by atoms with E-state index >= 15 is 0 Å². The average Bonchev–Trinajstić information content (AvgIpc) is 2.60. The Kier molecular flexibility index (Phi) is 4.97. The van der Waals surface area contributed by atoms with Crippen LogP contribution in [0.25, 0.3) is 0 Å². The van der Waals surface area contributed by atoms with Crippen LogP contribution in [0.5, 0.6) is 0 Å². The van der Waals surface area contributed by atoms with E-state index in [4.69, 9.17) is 0 Å². The molecule has 6 heteroatoms. The van der Waals surface area contributed by atoms with Crippen molar-refractivity contribution in [3.05, 3.63) is 15.9 Å². The highest BCUT2D eigenvalue weighted by Gasteiger charge is 2.28. The van der Waals surface area contributed by atoms with E-state index in [1.165, 1.54) is 11.3 Å². The van der Waals surface area contributed by atoms with Crippen LogP contribution >= 0.6 is 27.3 Å². The van der Waals surface area contributed by atoms with Gasteiger partial charge in [0.2, 0.25) is 0 Å². The van der Waals surface area contributed by atoms with E-state index in [2.05, 4.69) is 15.9 Å². The molecule has 0 radical (unpaired) electrons. The molecule has 0 spiro atoms. The quantitative estimate of drug-likeness (QED) is 0.832. The molecular weight excluding hydrogens is 310 g/mol. The van der Waals surface area contributed by atoms with Crippen LogP contribution in [0.2, 0.25) is 0 Å². The Morgan fingerprint density at radius 2 is 2.12 bits per heavy atom. The second-order valence-corrected chi connectivity index (χ2v) is 7.62. The average molecular weight is 326 g/mol. The minimum absolute atomic E-state index is 0.0149. The largest absolute Gasteiger partial charge is 0.253 e. The molecule has 0 unspecified atom stereocenters. The summed E-state index contributed by atoms with van der Waals surface area (Å²) in [4.78, 5) is 0. The van der Waals surface area contributed by atoms with Crippen LogP contribution in [0.4, 0.5) is 0 Å². The molecule has 1 rings (SSSR count). The van der Waals surface area contributed by atoms with Gasteiger partial charge in [-0.15, -0.1) is 11.3 Å². The highest BCUT2D eigenvalue weighted by molar-refractivity contribution is 9.10. The highest BCUT2D eigenvalue weighted by Crippen LogP contribution is 2.31. The lowest BCUT2D eigenvalue weighted by atomic mass is 10.4. The number of hydrogen-bond acceptors (Lipinski definition) is 3. The molecule has 1 heterocycles. The van der Waals surface area contributed by atoms with E-state index in [1.807, 2.05) is 20.8 Å². The summed E-state index contributed by atoms with van der Waals surface area (Å²) in [6, 6.07) is 1.75. The number of rotatable bonds is 5. The fourth-order valence-corrected chi connectivity index (χ4v) is 5.60. The maximum absolute atomic E-state index is 12.4. The number of hydrogen-bond donors (Lipinski definition) is 0. The predicted octanol–water partition coefficient (Wildman–Crippen LogP) is 3.32. The van der Waals surface area contributed by atoms with Crippen molar-refractivity contribution >= 4 is 37.3 Å². The minimum atomic E-state index is -3.34. The van der Waals surface area contributed by atoms with Crippen molar-refractivity contribution in [2.45, 2.75) is 37.4 Å². The summed E-state index contributed by atoms with van der Waals surface area (Å²) < 4.78 is 27.3. The number of halogens is 1. The topological polar surface area (TPSA) is 37.4 Å². The SMILES string of the molecule is CCCN(C(C)C)S(=O)(=O)c1sccc1Br. The molecule has 0 bridgehead atoms. The molecular formula is C10H16BrNO2S2. The molecule has 0 atom stereocenters. The summed E-state index contributed by atoms with van der Waals surface area (Å²) in [5, 5.41) is 1.78. The van der Waals surface area contributed by atoms with Crippen molar-refractivity contribution in [1.29, 1.82) is 0 Å². The molecule has 1 aromatic rings. The number of thiophene rings is 1.